The summed E-state index contributed by atoms with van der Waals surface area (Å²) in [7, 11) is -9.91. The zero-order valence-corrected chi connectivity index (χ0v) is 63.8. The molecule has 564 valence electrons. The maximum absolute atomic E-state index is 13.1. The number of esters is 4. The van der Waals surface area contributed by atoms with Crippen LogP contribution in [0.5, 0.6) is 0 Å². The van der Waals surface area contributed by atoms with Crippen LogP contribution in [-0.4, -0.2) is 96.7 Å². The van der Waals surface area contributed by atoms with Gasteiger partial charge in [-0.05, 0) is 37.5 Å². The Morgan fingerprint density at radius 3 is 0.800 bits per heavy atom. The van der Waals surface area contributed by atoms with E-state index in [1.807, 2.05) is 0 Å². The van der Waals surface area contributed by atoms with E-state index in [1.165, 1.54) is 212 Å². The summed E-state index contributed by atoms with van der Waals surface area (Å²) in [4.78, 5) is 72.8. The largest absolute Gasteiger partial charge is 0.472 e. The van der Waals surface area contributed by atoms with Gasteiger partial charge in [-0.1, -0.05) is 343 Å². The van der Waals surface area contributed by atoms with Gasteiger partial charge >= 0.3 is 39.5 Å². The Labute approximate surface area is 581 Å². The minimum atomic E-state index is -4.96. The SMILES string of the molecule is CCCCCCCCCCCCCCCCCCCCC(=O)O[C@H](COC(=O)CCCCCCCCCCCCC(C)CC)COP(=O)(O)OC[C@@H](O)COP(=O)(O)OC[C@@H](COC(=O)CCCCCCCCCCC(C)C)OC(=O)CCCCCCCCCCCCCC. The molecule has 0 bridgehead atoms. The predicted octanol–water partition coefficient (Wildman–Crippen LogP) is 22.3. The molecule has 95 heavy (non-hydrogen) atoms. The number of hydrogen-bond donors (Lipinski definition) is 3. The molecule has 3 N–H and O–H groups in total. The van der Waals surface area contributed by atoms with Crippen molar-refractivity contribution in [3.63, 3.8) is 0 Å². The average molecular weight is 1400 g/mol. The maximum Gasteiger partial charge on any atom is 0.472 e. The summed E-state index contributed by atoms with van der Waals surface area (Å²) in [6.07, 6.45) is 55.4. The molecule has 0 aliphatic rings. The lowest BCUT2D eigenvalue weighted by molar-refractivity contribution is -0.161. The number of phosphoric acid groups is 2. The molecule has 3 unspecified atom stereocenters. The van der Waals surface area contributed by atoms with Gasteiger partial charge in [0, 0.05) is 25.7 Å². The van der Waals surface area contributed by atoms with Crippen molar-refractivity contribution in [3.05, 3.63) is 0 Å². The number of aliphatic hydroxyl groups is 1. The van der Waals surface area contributed by atoms with Crippen molar-refractivity contribution in [1.82, 2.24) is 0 Å². The van der Waals surface area contributed by atoms with Crippen LogP contribution >= 0.6 is 15.6 Å². The van der Waals surface area contributed by atoms with Crippen molar-refractivity contribution in [2.45, 2.75) is 413 Å². The highest BCUT2D eigenvalue weighted by atomic mass is 31.2. The Morgan fingerprint density at radius 1 is 0.305 bits per heavy atom. The number of carbonyl (C=O) groups excluding carboxylic acids is 4. The van der Waals surface area contributed by atoms with Crippen LogP contribution in [0, 0.1) is 11.8 Å². The van der Waals surface area contributed by atoms with Crippen LogP contribution in [0.3, 0.4) is 0 Å². The molecule has 0 aromatic rings. The second kappa shape index (κ2) is 67.9. The van der Waals surface area contributed by atoms with Crippen LogP contribution in [-0.2, 0) is 65.4 Å². The van der Waals surface area contributed by atoms with Crippen LogP contribution in [0.1, 0.15) is 395 Å². The molecule has 0 radical (unpaired) electrons. The Morgan fingerprint density at radius 2 is 0.537 bits per heavy atom. The second-order valence-electron chi connectivity index (χ2n) is 28.1. The fourth-order valence-corrected chi connectivity index (χ4v) is 13.2. The molecule has 0 aliphatic carbocycles. The monoisotopic (exact) mass is 1400 g/mol. The smallest absolute Gasteiger partial charge is 0.462 e. The van der Waals surface area contributed by atoms with Crippen molar-refractivity contribution in [3.8, 4) is 0 Å². The third-order valence-electron chi connectivity index (χ3n) is 18.1. The van der Waals surface area contributed by atoms with Gasteiger partial charge in [0.1, 0.15) is 19.3 Å². The Hall–Kier alpha value is -1.94. The molecule has 0 aromatic heterocycles. The van der Waals surface area contributed by atoms with E-state index < -0.39 is 97.5 Å². The molecule has 0 saturated carbocycles. The fourth-order valence-electron chi connectivity index (χ4n) is 11.6. The molecular formula is C76H148O17P2. The van der Waals surface area contributed by atoms with Gasteiger partial charge < -0.3 is 33.8 Å². The van der Waals surface area contributed by atoms with Gasteiger partial charge in [0.05, 0.1) is 26.4 Å². The molecule has 17 nitrogen and oxygen atoms in total. The number of carbonyl (C=O) groups is 4. The topological polar surface area (TPSA) is 237 Å². The highest BCUT2D eigenvalue weighted by Gasteiger charge is 2.30. The molecule has 19 heteroatoms. The summed E-state index contributed by atoms with van der Waals surface area (Å²) in [5.41, 5.74) is 0. The average Bonchev–Trinajstić information content (AvgIpc) is 1.80. The molecule has 0 spiro atoms. The van der Waals surface area contributed by atoms with E-state index in [1.54, 1.807) is 0 Å². The molecule has 0 aromatic carbocycles. The number of hydrogen-bond acceptors (Lipinski definition) is 15. The highest BCUT2D eigenvalue weighted by molar-refractivity contribution is 7.47. The summed E-state index contributed by atoms with van der Waals surface area (Å²) in [6.45, 7) is 9.59. The predicted molar refractivity (Wildman–Crippen MR) is 386 cm³/mol. The van der Waals surface area contributed by atoms with Gasteiger partial charge in [0.15, 0.2) is 12.2 Å². The summed E-state index contributed by atoms with van der Waals surface area (Å²) in [6, 6.07) is 0. The fraction of sp³-hybridized carbons (Fsp3) is 0.947. The lowest BCUT2D eigenvalue weighted by Crippen LogP contribution is -2.30. The molecule has 0 saturated heterocycles. The first-order valence-electron chi connectivity index (χ1n) is 39.5. The number of phosphoric ester groups is 2. The molecule has 0 fully saturated rings. The summed E-state index contributed by atoms with van der Waals surface area (Å²) in [5, 5.41) is 10.6. The van der Waals surface area contributed by atoms with Crippen molar-refractivity contribution in [2.75, 3.05) is 39.6 Å². The lowest BCUT2D eigenvalue weighted by atomic mass is 9.99. The first-order valence-corrected chi connectivity index (χ1v) is 42.5. The van der Waals surface area contributed by atoms with E-state index in [4.69, 9.17) is 37.0 Å². The van der Waals surface area contributed by atoms with Gasteiger partial charge in [-0.3, -0.25) is 37.3 Å². The van der Waals surface area contributed by atoms with Crippen LogP contribution in [0.25, 0.3) is 0 Å². The minimum Gasteiger partial charge on any atom is -0.462 e. The van der Waals surface area contributed by atoms with Crippen molar-refractivity contribution in [2.24, 2.45) is 11.8 Å². The molecule has 6 atom stereocenters. The van der Waals surface area contributed by atoms with Gasteiger partial charge in [-0.15, -0.1) is 0 Å². The quantitative estimate of drug-likeness (QED) is 0.0222. The lowest BCUT2D eigenvalue weighted by Gasteiger charge is -2.21. The number of aliphatic hydroxyl groups excluding tert-OH is 1. The standard InChI is InChI=1S/C76H148O17P2/c1-7-10-12-14-16-18-20-22-23-24-25-26-27-29-35-43-49-55-61-76(81)92-71(64-86-73(78)58-52-46-40-33-31-30-32-39-45-51-57-69(6)9-3)66-90-94(82,83)88-62-70(77)63-89-95(84,85)91-67-72(65-87-74(79)59-53-47-41-37-36-38-44-50-56-68(4)5)93-75(80)60-54-48-42-34-28-21-19-17-15-13-11-8-2/h68-72,77H,7-67H2,1-6H3,(H,82,83)(H,84,85)/t69?,70-,71-,72-/m1/s1. The second-order valence-corrected chi connectivity index (χ2v) is 31.0. The van der Waals surface area contributed by atoms with Gasteiger partial charge in [0.25, 0.3) is 0 Å². The molecule has 0 heterocycles. The number of unbranched alkanes of at least 4 members (excludes halogenated alkanes) is 44. The number of rotatable bonds is 75. The zero-order chi connectivity index (χ0) is 70.0. The van der Waals surface area contributed by atoms with Crippen LogP contribution in [0.4, 0.5) is 0 Å². The zero-order valence-electron chi connectivity index (χ0n) is 62.0. The minimum absolute atomic E-state index is 0.107. The van der Waals surface area contributed by atoms with Crippen molar-refractivity contribution >= 4 is 39.5 Å². The van der Waals surface area contributed by atoms with E-state index >= 15 is 0 Å². The Bertz CT molecular complexity index is 1840. The number of ether oxygens (including phenoxy) is 4. The van der Waals surface area contributed by atoms with Crippen LogP contribution in [0.15, 0.2) is 0 Å². The highest BCUT2D eigenvalue weighted by Crippen LogP contribution is 2.45. The van der Waals surface area contributed by atoms with Crippen molar-refractivity contribution in [1.29, 1.82) is 0 Å². The van der Waals surface area contributed by atoms with Crippen molar-refractivity contribution < 1.29 is 80.2 Å². The van der Waals surface area contributed by atoms with E-state index in [0.717, 1.165) is 102 Å². The summed E-state index contributed by atoms with van der Waals surface area (Å²) in [5.74, 6) is -0.578. The van der Waals surface area contributed by atoms with Gasteiger partial charge in [0.2, 0.25) is 0 Å². The third kappa shape index (κ3) is 69.0. The summed E-state index contributed by atoms with van der Waals surface area (Å²) >= 11 is 0. The summed E-state index contributed by atoms with van der Waals surface area (Å²) < 4.78 is 68.5. The van der Waals surface area contributed by atoms with E-state index in [0.29, 0.717) is 25.7 Å². The maximum atomic E-state index is 13.1. The third-order valence-corrected chi connectivity index (χ3v) is 20.0. The molecule has 0 amide bonds. The first kappa shape index (κ1) is 93.1. The Balaban J connectivity index is 5.25. The van der Waals surface area contributed by atoms with E-state index in [2.05, 4.69) is 41.5 Å². The normalized spacial score (nSPS) is 14.3. The molecule has 0 rings (SSSR count). The van der Waals surface area contributed by atoms with E-state index in [9.17, 15) is 43.2 Å². The molecular weight excluding hydrogens is 1250 g/mol. The van der Waals surface area contributed by atoms with Gasteiger partial charge in [-0.2, -0.15) is 0 Å². The van der Waals surface area contributed by atoms with Crippen LogP contribution in [0.2, 0.25) is 0 Å². The van der Waals surface area contributed by atoms with Crippen LogP contribution < -0.4 is 0 Å². The first-order chi connectivity index (χ1) is 45.9. The van der Waals surface area contributed by atoms with E-state index in [-0.39, 0.29) is 25.7 Å². The Kier molecular flexibility index (Phi) is 66.5. The molecule has 0 aliphatic heterocycles. The van der Waals surface area contributed by atoms with Gasteiger partial charge in [-0.25, -0.2) is 9.13 Å².